The summed E-state index contributed by atoms with van der Waals surface area (Å²) in [6.07, 6.45) is 4.62. The molecule has 1 aromatic carbocycles. The van der Waals surface area contributed by atoms with Crippen LogP contribution in [0, 0.1) is 0 Å². The molecule has 0 fully saturated rings. The standard InChI is InChI=1S/C13H18O3/c1-2-3-4-5-6-12(15)11-8-7-10(14)9-13(11)16/h7-9,14,16H,2-6H2,1H3. The molecule has 16 heavy (non-hydrogen) atoms. The Labute approximate surface area is 95.7 Å². The van der Waals surface area contributed by atoms with Crippen molar-refractivity contribution in [1.82, 2.24) is 0 Å². The van der Waals surface area contributed by atoms with Crippen LogP contribution in [0.3, 0.4) is 0 Å². The van der Waals surface area contributed by atoms with Crippen molar-refractivity contribution in [3.05, 3.63) is 23.8 Å². The van der Waals surface area contributed by atoms with Gasteiger partial charge in [-0.25, -0.2) is 0 Å². The van der Waals surface area contributed by atoms with E-state index in [4.69, 9.17) is 5.11 Å². The van der Waals surface area contributed by atoms with E-state index < -0.39 is 0 Å². The molecule has 0 atom stereocenters. The third-order valence-corrected chi connectivity index (χ3v) is 2.54. The van der Waals surface area contributed by atoms with E-state index in [0.717, 1.165) is 25.7 Å². The van der Waals surface area contributed by atoms with Gasteiger partial charge in [0.25, 0.3) is 0 Å². The minimum Gasteiger partial charge on any atom is -0.508 e. The van der Waals surface area contributed by atoms with Gasteiger partial charge in [-0.2, -0.15) is 0 Å². The highest BCUT2D eigenvalue weighted by molar-refractivity contribution is 5.98. The smallest absolute Gasteiger partial charge is 0.166 e. The number of phenolic OH excluding ortho intramolecular Hbond substituents is 2. The van der Waals surface area contributed by atoms with E-state index in [1.807, 2.05) is 0 Å². The van der Waals surface area contributed by atoms with E-state index in [2.05, 4.69) is 6.92 Å². The van der Waals surface area contributed by atoms with E-state index >= 15 is 0 Å². The Bertz CT molecular complexity index is 358. The van der Waals surface area contributed by atoms with Gasteiger partial charge in [0, 0.05) is 12.5 Å². The van der Waals surface area contributed by atoms with Crippen LogP contribution < -0.4 is 0 Å². The average molecular weight is 222 g/mol. The number of Topliss-reactive ketones (excluding diaryl/α,β-unsaturated/α-hetero) is 1. The van der Waals surface area contributed by atoms with E-state index in [1.54, 1.807) is 0 Å². The third-order valence-electron chi connectivity index (χ3n) is 2.54. The Morgan fingerprint density at radius 2 is 1.94 bits per heavy atom. The summed E-state index contributed by atoms with van der Waals surface area (Å²) in [5.41, 5.74) is 0.300. The number of carbonyl (C=O) groups is 1. The summed E-state index contributed by atoms with van der Waals surface area (Å²) in [5.74, 6) is -0.228. The Kier molecular flexibility index (Phi) is 4.83. The van der Waals surface area contributed by atoms with Gasteiger partial charge in [-0.1, -0.05) is 26.2 Å². The number of phenols is 2. The van der Waals surface area contributed by atoms with Gasteiger partial charge in [-0.05, 0) is 18.6 Å². The summed E-state index contributed by atoms with van der Waals surface area (Å²) >= 11 is 0. The first-order valence-corrected chi connectivity index (χ1v) is 5.70. The molecule has 0 aliphatic rings. The molecule has 3 heteroatoms. The fourth-order valence-corrected chi connectivity index (χ4v) is 1.60. The highest BCUT2D eigenvalue weighted by Gasteiger charge is 2.10. The number of aromatic hydroxyl groups is 2. The number of unbranched alkanes of at least 4 members (excludes halogenated alkanes) is 3. The molecule has 0 saturated carbocycles. The third kappa shape index (κ3) is 3.57. The van der Waals surface area contributed by atoms with Crippen molar-refractivity contribution in [3.8, 4) is 11.5 Å². The van der Waals surface area contributed by atoms with Gasteiger partial charge in [0.2, 0.25) is 0 Å². The molecule has 3 nitrogen and oxygen atoms in total. The van der Waals surface area contributed by atoms with E-state index in [9.17, 15) is 9.90 Å². The lowest BCUT2D eigenvalue weighted by molar-refractivity contribution is 0.0976. The molecule has 0 aromatic heterocycles. The number of hydrogen-bond donors (Lipinski definition) is 2. The second-order valence-electron chi connectivity index (χ2n) is 3.94. The molecule has 1 aromatic rings. The zero-order valence-electron chi connectivity index (χ0n) is 9.57. The van der Waals surface area contributed by atoms with Crippen LogP contribution in [0.15, 0.2) is 18.2 Å². The molecule has 0 saturated heterocycles. The second-order valence-corrected chi connectivity index (χ2v) is 3.94. The van der Waals surface area contributed by atoms with Gasteiger partial charge in [0.1, 0.15) is 11.5 Å². The summed E-state index contributed by atoms with van der Waals surface area (Å²) in [7, 11) is 0. The van der Waals surface area contributed by atoms with Gasteiger partial charge in [0.15, 0.2) is 5.78 Å². The Morgan fingerprint density at radius 1 is 1.19 bits per heavy atom. The van der Waals surface area contributed by atoms with Crippen molar-refractivity contribution in [1.29, 1.82) is 0 Å². The Hall–Kier alpha value is -1.51. The monoisotopic (exact) mass is 222 g/mol. The van der Waals surface area contributed by atoms with Crippen LogP contribution in [0.5, 0.6) is 11.5 Å². The summed E-state index contributed by atoms with van der Waals surface area (Å²) < 4.78 is 0. The molecule has 0 unspecified atom stereocenters. The van der Waals surface area contributed by atoms with Crippen LogP contribution in [0.2, 0.25) is 0 Å². The predicted molar refractivity (Wildman–Crippen MR) is 62.9 cm³/mol. The van der Waals surface area contributed by atoms with Crippen molar-refractivity contribution in [2.75, 3.05) is 0 Å². The summed E-state index contributed by atoms with van der Waals surface area (Å²) in [6, 6.07) is 4.07. The summed E-state index contributed by atoms with van der Waals surface area (Å²) in [4.78, 5) is 11.7. The maximum absolute atomic E-state index is 11.7. The number of carbonyl (C=O) groups excluding carboxylic acids is 1. The molecule has 0 amide bonds. The number of rotatable bonds is 6. The van der Waals surface area contributed by atoms with Gasteiger partial charge in [-0.15, -0.1) is 0 Å². The highest BCUT2D eigenvalue weighted by Crippen LogP contribution is 2.24. The summed E-state index contributed by atoms with van der Waals surface area (Å²) in [6.45, 7) is 2.12. The molecular formula is C13H18O3. The molecule has 0 spiro atoms. The lowest BCUT2D eigenvalue weighted by Crippen LogP contribution is -1.99. The SMILES string of the molecule is CCCCCCC(=O)c1ccc(O)cc1O. The largest absolute Gasteiger partial charge is 0.508 e. The molecule has 0 aliphatic heterocycles. The number of hydrogen-bond acceptors (Lipinski definition) is 3. The maximum atomic E-state index is 11.7. The summed E-state index contributed by atoms with van der Waals surface area (Å²) in [5, 5.41) is 18.6. The van der Waals surface area contributed by atoms with Gasteiger partial charge in [-0.3, -0.25) is 4.79 Å². The van der Waals surface area contributed by atoms with Crippen molar-refractivity contribution in [3.63, 3.8) is 0 Å². The van der Waals surface area contributed by atoms with Crippen LogP contribution in [0.4, 0.5) is 0 Å². The first kappa shape index (κ1) is 12.6. The Balaban J connectivity index is 2.53. The molecule has 0 bridgehead atoms. The molecule has 0 radical (unpaired) electrons. The van der Waals surface area contributed by atoms with Crippen molar-refractivity contribution < 1.29 is 15.0 Å². The van der Waals surface area contributed by atoms with Crippen LogP contribution in [0.25, 0.3) is 0 Å². The van der Waals surface area contributed by atoms with Crippen LogP contribution >= 0.6 is 0 Å². The van der Waals surface area contributed by atoms with Crippen LogP contribution in [-0.2, 0) is 0 Å². The Morgan fingerprint density at radius 3 is 2.56 bits per heavy atom. The lowest BCUT2D eigenvalue weighted by Gasteiger charge is -2.04. The zero-order valence-corrected chi connectivity index (χ0v) is 9.57. The molecule has 88 valence electrons. The first-order valence-electron chi connectivity index (χ1n) is 5.70. The fourth-order valence-electron chi connectivity index (χ4n) is 1.60. The van der Waals surface area contributed by atoms with E-state index in [0.29, 0.717) is 12.0 Å². The zero-order chi connectivity index (χ0) is 12.0. The minimum atomic E-state index is -0.138. The first-order chi connectivity index (χ1) is 7.65. The van der Waals surface area contributed by atoms with Gasteiger partial charge in [0.05, 0.1) is 5.56 Å². The topological polar surface area (TPSA) is 57.5 Å². The highest BCUT2D eigenvalue weighted by atomic mass is 16.3. The molecule has 0 aliphatic carbocycles. The minimum absolute atomic E-state index is 0.0277. The second kappa shape index (κ2) is 6.16. The van der Waals surface area contributed by atoms with E-state index in [1.165, 1.54) is 18.2 Å². The average Bonchev–Trinajstić information content (AvgIpc) is 2.24. The molecule has 1 rings (SSSR count). The molecule has 0 heterocycles. The molecule has 2 N–H and O–H groups in total. The van der Waals surface area contributed by atoms with Crippen molar-refractivity contribution >= 4 is 5.78 Å². The fraction of sp³-hybridized carbons (Fsp3) is 0.462. The van der Waals surface area contributed by atoms with Gasteiger partial charge >= 0.3 is 0 Å². The lowest BCUT2D eigenvalue weighted by atomic mass is 10.0. The normalized spacial score (nSPS) is 10.3. The van der Waals surface area contributed by atoms with Crippen molar-refractivity contribution in [2.24, 2.45) is 0 Å². The number of benzene rings is 1. The van der Waals surface area contributed by atoms with Crippen LogP contribution in [-0.4, -0.2) is 16.0 Å². The van der Waals surface area contributed by atoms with Crippen LogP contribution in [0.1, 0.15) is 49.4 Å². The van der Waals surface area contributed by atoms with Gasteiger partial charge < -0.3 is 10.2 Å². The number of ketones is 1. The molecular weight excluding hydrogens is 204 g/mol. The van der Waals surface area contributed by atoms with E-state index in [-0.39, 0.29) is 17.3 Å². The quantitative estimate of drug-likeness (QED) is 0.573. The van der Waals surface area contributed by atoms with Crippen molar-refractivity contribution in [2.45, 2.75) is 39.0 Å². The predicted octanol–water partition coefficient (Wildman–Crippen LogP) is 3.25. The maximum Gasteiger partial charge on any atom is 0.166 e.